The molecule has 0 saturated carbocycles. The van der Waals surface area contributed by atoms with Crippen LogP contribution in [0.4, 0.5) is 0 Å². The molecule has 3 aromatic rings. The maximum atomic E-state index is 12.5. The Hall–Kier alpha value is -2.66. The topological polar surface area (TPSA) is 59.2 Å². The zero-order valence-corrected chi connectivity index (χ0v) is 16.7. The third-order valence-corrected chi connectivity index (χ3v) is 5.50. The molecule has 2 aromatic carbocycles. The van der Waals surface area contributed by atoms with Gasteiger partial charge in [-0.05, 0) is 35.6 Å². The molecule has 1 aromatic heterocycles. The van der Waals surface area contributed by atoms with E-state index >= 15 is 0 Å². The average molecular weight is 396 g/mol. The molecule has 4 rings (SSSR count). The molecular formula is C22H22ClN3O2. The predicted octanol–water partition coefficient (Wildman–Crippen LogP) is 5.38. The molecule has 1 unspecified atom stereocenters. The van der Waals surface area contributed by atoms with Crippen molar-refractivity contribution in [3.8, 4) is 11.4 Å². The van der Waals surface area contributed by atoms with Gasteiger partial charge in [-0.1, -0.05) is 67.0 Å². The minimum absolute atomic E-state index is 0.107. The quantitative estimate of drug-likeness (QED) is 0.582. The van der Waals surface area contributed by atoms with E-state index in [0.29, 0.717) is 42.0 Å². The van der Waals surface area contributed by atoms with E-state index in [-0.39, 0.29) is 11.9 Å². The molecule has 5 nitrogen and oxygen atoms in total. The first-order valence-corrected chi connectivity index (χ1v) is 9.87. The van der Waals surface area contributed by atoms with E-state index in [0.717, 1.165) is 11.1 Å². The summed E-state index contributed by atoms with van der Waals surface area (Å²) in [7, 11) is 0. The van der Waals surface area contributed by atoms with Crippen LogP contribution in [0.5, 0.6) is 0 Å². The number of benzene rings is 2. The van der Waals surface area contributed by atoms with Crippen molar-refractivity contribution in [2.75, 3.05) is 0 Å². The van der Waals surface area contributed by atoms with Crippen LogP contribution in [0.2, 0.25) is 5.02 Å². The van der Waals surface area contributed by atoms with E-state index in [4.69, 9.17) is 16.1 Å². The Kier molecular flexibility index (Phi) is 5.18. The first-order valence-electron chi connectivity index (χ1n) is 9.49. The first kappa shape index (κ1) is 18.7. The molecule has 0 radical (unpaired) electrons. The Bertz CT molecular complexity index is 981. The summed E-state index contributed by atoms with van der Waals surface area (Å²) in [6, 6.07) is 15.6. The van der Waals surface area contributed by atoms with Gasteiger partial charge >= 0.3 is 0 Å². The van der Waals surface area contributed by atoms with Gasteiger partial charge in [-0.25, -0.2) is 0 Å². The lowest BCUT2D eigenvalue weighted by Gasteiger charge is -2.22. The first-order chi connectivity index (χ1) is 13.5. The van der Waals surface area contributed by atoms with Gasteiger partial charge in [0.2, 0.25) is 17.6 Å². The highest BCUT2D eigenvalue weighted by molar-refractivity contribution is 6.33. The third-order valence-electron chi connectivity index (χ3n) is 5.17. The summed E-state index contributed by atoms with van der Waals surface area (Å²) in [5, 5.41) is 4.65. The summed E-state index contributed by atoms with van der Waals surface area (Å²) in [5.41, 5.74) is 3.10. The van der Waals surface area contributed by atoms with Crippen LogP contribution in [0.3, 0.4) is 0 Å². The smallest absolute Gasteiger partial charge is 0.249 e. The number of hydrogen-bond donors (Lipinski definition) is 0. The molecular weight excluding hydrogens is 374 g/mol. The number of aromatic nitrogens is 2. The van der Waals surface area contributed by atoms with Crippen LogP contribution < -0.4 is 0 Å². The fourth-order valence-corrected chi connectivity index (χ4v) is 3.74. The van der Waals surface area contributed by atoms with Crippen molar-refractivity contribution in [3.63, 3.8) is 0 Å². The lowest BCUT2D eigenvalue weighted by atomic mass is 10.0. The minimum atomic E-state index is -0.207. The minimum Gasteiger partial charge on any atom is -0.337 e. The van der Waals surface area contributed by atoms with Gasteiger partial charge in [-0.15, -0.1) is 0 Å². The number of rotatable bonds is 5. The molecule has 1 atom stereocenters. The van der Waals surface area contributed by atoms with E-state index in [1.54, 1.807) is 6.07 Å². The zero-order chi connectivity index (χ0) is 19.7. The van der Waals surface area contributed by atoms with Crippen LogP contribution in [-0.4, -0.2) is 20.9 Å². The van der Waals surface area contributed by atoms with Crippen molar-refractivity contribution >= 4 is 17.5 Å². The SMILES string of the molecule is CC(C)c1ccc(CN2C(=O)CCC2c2nc(-c3ccccc3Cl)no2)cc1. The average Bonchev–Trinajstić information content (AvgIpc) is 3.30. The number of carbonyl (C=O) groups excluding carboxylic acids is 1. The highest BCUT2D eigenvalue weighted by Gasteiger charge is 2.36. The number of nitrogens with zero attached hydrogens (tertiary/aromatic N) is 3. The second-order valence-corrected chi connectivity index (χ2v) is 7.82. The van der Waals surface area contributed by atoms with E-state index in [9.17, 15) is 4.79 Å². The van der Waals surface area contributed by atoms with Crippen LogP contribution in [0.1, 0.15) is 55.7 Å². The zero-order valence-electron chi connectivity index (χ0n) is 15.9. The van der Waals surface area contributed by atoms with Crippen molar-refractivity contribution in [1.82, 2.24) is 15.0 Å². The molecule has 1 aliphatic heterocycles. The van der Waals surface area contributed by atoms with Crippen molar-refractivity contribution in [2.24, 2.45) is 0 Å². The van der Waals surface area contributed by atoms with E-state index in [1.807, 2.05) is 23.1 Å². The van der Waals surface area contributed by atoms with Crippen molar-refractivity contribution in [2.45, 2.75) is 45.2 Å². The molecule has 144 valence electrons. The van der Waals surface area contributed by atoms with E-state index < -0.39 is 0 Å². The Morgan fingerprint density at radius 3 is 2.64 bits per heavy atom. The van der Waals surface area contributed by atoms with Gasteiger partial charge in [0.15, 0.2) is 0 Å². The van der Waals surface area contributed by atoms with Crippen LogP contribution in [-0.2, 0) is 11.3 Å². The van der Waals surface area contributed by atoms with Gasteiger partial charge in [0, 0.05) is 18.5 Å². The molecule has 0 N–H and O–H groups in total. The predicted molar refractivity (Wildman–Crippen MR) is 108 cm³/mol. The highest BCUT2D eigenvalue weighted by atomic mass is 35.5. The summed E-state index contributed by atoms with van der Waals surface area (Å²) in [6.45, 7) is 4.87. The number of carbonyl (C=O) groups is 1. The second-order valence-electron chi connectivity index (χ2n) is 7.41. The fourth-order valence-electron chi connectivity index (χ4n) is 3.52. The normalized spacial score (nSPS) is 16.9. The molecule has 6 heteroatoms. The molecule has 0 bridgehead atoms. The van der Waals surface area contributed by atoms with Crippen molar-refractivity contribution < 1.29 is 9.32 Å². The summed E-state index contributed by atoms with van der Waals surface area (Å²) in [4.78, 5) is 18.8. The van der Waals surface area contributed by atoms with Gasteiger partial charge in [-0.2, -0.15) is 4.98 Å². The third kappa shape index (κ3) is 3.67. The molecule has 1 aliphatic rings. The molecule has 28 heavy (non-hydrogen) atoms. The molecule has 1 saturated heterocycles. The number of hydrogen-bond acceptors (Lipinski definition) is 4. The summed E-state index contributed by atoms with van der Waals surface area (Å²) < 4.78 is 5.51. The standard InChI is InChI=1S/C22H22ClN3O2/c1-14(2)16-9-7-15(8-10-16)13-26-19(11-12-20(26)27)22-24-21(25-28-22)17-5-3-4-6-18(17)23/h3-10,14,19H,11-13H2,1-2H3. The molecule has 0 aliphatic carbocycles. The lowest BCUT2D eigenvalue weighted by Crippen LogP contribution is -2.27. The molecule has 1 fully saturated rings. The Morgan fingerprint density at radius 1 is 1.18 bits per heavy atom. The highest BCUT2D eigenvalue weighted by Crippen LogP contribution is 2.35. The maximum absolute atomic E-state index is 12.5. The molecule has 2 heterocycles. The second kappa shape index (κ2) is 7.76. The van der Waals surface area contributed by atoms with Gasteiger partial charge in [0.1, 0.15) is 6.04 Å². The van der Waals surface area contributed by atoms with Crippen LogP contribution in [0.15, 0.2) is 53.1 Å². The summed E-state index contributed by atoms with van der Waals surface area (Å²) >= 11 is 6.24. The number of likely N-dealkylation sites (tertiary alicyclic amines) is 1. The maximum Gasteiger partial charge on any atom is 0.249 e. The van der Waals surface area contributed by atoms with Crippen molar-refractivity contribution in [1.29, 1.82) is 0 Å². The Labute approximate surface area is 169 Å². The fraction of sp³-hybridized carbons (Fsp3) is 0.318. The summed E-state index contributed by atoms with van der Waals surface area (Å²) in [6.07, 6.45) is 1.16. The van der Waals surface area contributed by atoms with Gasteiger partial charge in [-0.3, -0.25) is 4.79 Å². The van der Waals surface area contributed by atoms with Crippen LogP contribution in [0.25, 0.3) is 11.4 Å². The van der Waals surface area contributed by atoms with E-state index in [2.05, 4.69) is 48.3 Å². The summed E-state index contributed by atoms with van der Waals surface area (Å²) in [5.74, 6) is 1.49. The van der Waals surface area contributed by atoms with Gasteiger partial charge in [0.05, 0.1) is 5.02 Å². The van der Waals surface area contributed by atoms with Crippen LogP contribution in [0, 0.1) is 0 Å². The van der Waals surface area contributed by atoms with E-state index in [1.165, 1.54) is 5.56 Å². The Balaban J connectivity index is 1.56. The molecule has 0 spiro atoms. The monoisotopic (exact) mass is 395 g/mol. The Morgan fingerprint density at radius 2 is 1.93 bits per heavy atom. The van der Waals surface area contributed by atoms with Crippen molar-refractivity contribution in [3.05, 3.63) is 70.6 Å². The molecule has 1 amide bonds. The largest absolute Gasteiger partial charge is 0.337 e. The number of amides is 1. The van der Waals surface area contributed by atoms with Gasteiger partial charge < -0.3 is 9.42 Å². The van der Waals surface area contributed by atoms with Crippen LogP contribution >= 0.6 is 11.6 Å². The lowest BCUT2D eigenvalue weighted by molar-refractivity contribution is -0.129. The number of halogens is 1. The van der Waals surface area contributed by atoms with Gasteiger partial charge in [0.25, 0.3) is 0 Å².